The molecule has 110 valence electrons. The van der Waals surface area contributed by atoms with E-state index < -0.39 is 0 Å². The fourth-order valence-corrected chi connectivity index (χ4v) is 2.42. The van der Waals surface area contributed by atoms with Crippen molar-refractivity contribution in [3.63, 3.8) is 0 Å². The number of carbonyl (C=O) groups is 1. The first-order valence-corrected chi connectivity index (χ1v) is 7.21. The Morgan fingerprint density at radius 1 is 1.45 bits per heavy atom. The summed E-state index contributed by atoms with van der Waals surface area (Å²) in [5, 5.41) is 4.36. The van der Waals surface area contributed by atoms with Crippen molar-refractivity contribution in [1.29, 1.82) is 0 Å². The molecule has 0 atom stereocenters. The molecule has 0 saturated carbocycles. The maximum Gasteiger partial charge on any atom is 0.242 e. The van der Waals surface area contributed by atoms with Crippen LogP contribution in [0.25, 0.3) is 11.2 Å². The zero-order valence-corrected chi connectivity index (χ0v) is 13.1. The van der Waals surface area contributed by atoms with Crippen molar-refractivity contribution in [3.8, 4) is 0 Å². The van der Waals surface area contributed by atoms with E-state index in [0.717, 1.165) is 22.7 Å². The third-order valence-electron chi connectivity index (χ3n) is 3.48. The van der Waals surface area contributed by atoms with Gasteiger partial charge in [-0.1, -0.05) is 0 Å². The number of imidazole rings is 1. The number of fused-ring (bicyclic) bond motifs is 1. The number of hydrogen-bond donors (Lipinski definition) is 0. The third kappa shape index (κ3) is 2.52. The van der Waals surface area contributed by atoms with Crippen molar-refractivity contribution in [1.82, 2.24) is 24.2 Å². The van der Waals surface area contributed by atoms with Crippen molar-refractivity contribution in [2.45, 2.75) is 26.8 Å². The van der Waals surface area contributed by atoms with E-state index in [1.165, 1.54) is 0 Å². The van der Waals surface area contributed by atoms with Crippen LogP contribution in [-0.2, 0) is 24.8 Å². The molecular weight excluding hydrogens is 278 g/mol. The van der Waals surface area contributed by atoms with Crippen LogP contribution in [0.5, 0.6) is 0 Å². The Balaban J connectivity index is 2.48. The lowest BCUT2D eigenvalue weighted by Gasteiger charge is -2.16. The van der Waals surface area contributed by atoms with Crippen LogP contribution in [-0.4, -0.2) is 49.6 Å². The summed E-state index contributed by atoms with van der Waals surface area (Å²) in [5.74, 6) is 1.37. The molecule has 2 aromatic heterocycles. The van der Waals surface area contributed by atoms with E-state index in [4.69, 9.17) is 11.6 Å². The van der Waals surface area contributed by atoms with Gasteiger partial charge >= 0.3 is 0 Å². The van der Waals surface area contributed by atoms with Gasteiger partial charge in [-0.2, -0.15) is 5.10 Å². The smallest absolute Gasteiger partial charge is 0.242 e. The highest BCUT2D eigenvalue weighted by molar-refractivity contribution is 6.17. The zero-order chi connectivity index (χ0) is 14.9. The summed E-state index contributed by atoms with van der Waals surface area (Å²) in [6, 6.07) is 0. The van der Waals surface area contributed by atoms with Crippen molar-refractivity contribution in [2.75, 3.05) is 19.5 Å². The standard InChI is InChI=1S/C13H20ClN5O/c1-5-17(3)11(20)8-19-10(6-7-14)15-12-9(2)16-18(4)13(12)19/h5-8H2,1-4H3. The molecule has 0 unspecified atom stereocenters. The Kier molecular flexibility index (Phi) is 4.32. The van der Waals surface area contributed by atoms with Gasteiger partial charge < -0.3 is 9.47 Å². The lowest BCUT2D eigenvalue weighted by atomic mass is 10.4. The third-order valence-corrected chi connectivity index (χ3v) is 3.67. The Hall–Kier alpha value is -1.56. The average Bonchev–Trinajstić information content (AvgIpc) is 2.89. The lowest BCUT2D eigenvalue weighted by Crippen LogP contribution is -2.30. The van der Waals surface area contributed by atoms with Crippen molar-refractivity contribution < 1.29 is 4.79 Å². The number of halogens is 1. The summed E-state index contributed by atoms with van der Waals surface area (Å²) in [7, 11) is 3.66. The van der Waals surface area contributed by atoms with Crippen LogP contribution in [0.2, 0.25) is 0 Å². The number of aryl methyl sites for hydroxylation is 3. The second-order valence-electron chi connectivity index (χ2n) is 4.84. The number of carbonyl (C=O) groups excluding carboxylic acids is 1. The molecule has 6 nitrogen and oxygen atoms in total. The number of rotatable bonds is 5. The molecule has 2 aromatic rings. The number of alkyl halides is 1. The van der Waals surface area contributed by atoms with Gasteiger partial charge in [0.15, 0.2) is 5.65 Å². The summed E-state index contributed by atoms with van der Waals surface area (Å²) in [4.78, 5) is 18.5. The van der Waals surface area contributed by atoms with Crippen LogP contribution in [0.1, 0.15) is 18.4 Å². The predicted molar refractivity (Wildman–Crippen MR) is 79.0 cm³/mol. The van der Waals surface area contributed by atoms with E-state index in [0.29, 0.717) is 18.8 Å². The molecule has 2 rings (SSSR count). The van der Waals surface area contributed by atoms with Gasteiger partial charge in [0.25, 0.3) is 0 Å². The fourth-order valence-electron chi connectivity index (χ4n) is 2.25. The van der Waals surface area contributed by atoms with E-state index in [1.807, 2.05) is 25.5 Å². The number of aromatic nitrogens is 4. The lowest BCUT2D eigenvalue weighted by molar-refractivity contribution is -0.130. The van der Waals surface area contributed by atoms with E-state index >= 15 is 0 Å². The van der Waals surface area contributed by atoms with Crippen LogP contribution < -0.4 is 0 Å². The van der Waals surface area contributed by atoms with Gasteiger partial charge in [0.2, 0.25) is 5.91 Å². The quantitative estimate of drug-likeness (QED) is 0.783. The minimum atomic E-state index is 0.0569. The van der Waals surface area contributed by atoms with E-state index in [1.54, 1.807) is 16.6 Å². The van der Waals surface area contributed by atoms with Crippen molar-refractivity contribution >= 4 is 28.7 Å². The number of hydrogen-bond acceptors (Lipinski definition) is 3. The normalized spacial score (nSPS) is 11.2. The summed E-state index contributed by atoms with van der Waals surface area (Å²) >= 11 is 5.84. The topological polar surface area (TPSA) is 56.0 Å². The average molecular weight is 298 g/mol. The minimum Gasteiger partial charge on any atom is -0.344 e. The highest BCUT2D eigenvalue weighted by atomic mass is 35.5. The number of likely N-dealkylation sites (N-methyl/N-ethyl adjacent to an activating group) is 1. The molecule has 2 heterocycles. The van der Waals surface area contributed by atoms with E-state index in [-0.39, 0.29) is 12.5 Å². The molecular formula is C13H20ClN5O. The van der Waals surface area contributed by atoms with Crippen LogP contribution in [0.15, 0.2) is 0 Å². The van der Waals surface area contributed by atoms with Gasteiger partial charge in [0, 0.05) is 32.9 Å². The molecule has 0 radical (unpaired) electrons. The van der Waals surface area contributed by atoms with Crippen molar-refractivity contribution in [2.24, 2.45) is 7.05 Å². The van der Waals surface area contributed by atoms with Gasteiger partial charge in [-0.25, -0.2) is 4.98 Å². The van der Waals surface area contributed by atoms with Gasteiger partial charge in [0.1, 0.15) is 17.9 Å². The van der Waals surface area contributed by atoms with Crippen LogP contribution in [0.3, 0.4) is 0 Å². The molecule has 0 aromatic carbocycles. The first-order chi connectivity index (χ1) is 9.49. The Morgan fingerprint density at radius 2 is 2.15 bits per heavy atom. The molecule has 0 saturated heterocycles. The molecule has 0 N–H and O–H groups in total. The van der Waals surface area contributed by atoms with Gasteiger partial charge in [0.05, 0.1) is 5.69 Å². The molecule has 20 heavy (non-hydrogen) atoms. The Morgan fingerprint density at radius 3 is 2.75 bits per heavy atom. The zero-order valence-electron chi connectivity index (χ0n) is 12.4. The first kappa shape index (κ1) is 14.8. The molecule has 0 aliphatic carbocycles. The Labute approximate surface area is 123 Å². The van der Waals surface area contributed by atoms with E-state index in [2.05, 4.69) is 10.1 Å². The summed E-state index contributed by atoms with van der Waals surface area (Å²) in [6.07, 6.45) is 0.638. The summed E-state index contributed by atoms with van der Waals surface area (Å²) < 4.78 is 3.70. The fraction of sp³-hybridized carbons (Fsp3) is 0.615. The monoisotopic (exact) mass is 297 g/mol. The van der Waals surface area contributed by atoms with Gasteiger partial charge in [-0.15, -0.1) is 11.6 Å². The van der Waals surface area contributed by atoms with Crippen molar-refractivity contribution in [3.05, 3.63) is 11.5 Å². The second kappa shape index (κ2) is 5.83. The predicted octanol–water partition coefficient (Wildman–Crippen LogP) is 1.34. The number of amides is 1. The second-order valence-corrected chi connectivity index (χ2v) is 5.22. The van der Waals surface area contributed by atoms with Gasteiger partial charge in [-0.05, 0) is 13.8 Å². The molecule has 0 spiro atoms. The largest absolute Gasteiger partial charge is 0.344 e. The van der Waals surface area contributed by atoms with Crippen LogP contribution in [0.4, 0.5) is 0 Å². The molecule has 0 aliphatic rings. The molecule has 7 heteroatoms. The van der Waals surface area contributed by atoms with Crippen LogP contribution >= 0.6 is 11.6 Å². The van der Waals surface area contributed by atoms with Crippen LogP contribution in [0, 0.1) is 6.92 Å². The van der Waals surface area contributed by atoms with E-state index in [9.17, 15) is 4.79 Å². The first-order valence-electron chi connectivity index (χ1n) is 6.68. The SMILES string of the molecule is CCN(C)C(=O)Cn1c(CCCl)nc2c(C)nn(C)c21. The van der Waals surface area contributed by atoms with Gasteiger partial charge in [-0.3, -0.25) is 9.48 Å². The molecule has 1 amide bonds. The molecule has 0 bridgehead atoms. The highest BCUT2D eigenvalue weighted by Crippen LogP contribution is 2.19. The summed E-state index contributed by atoms with van der Waals surface area (Å²) in [6.45, 7) is 4.83. The summed E-state index contributed by atoms with van der Waals surface area (Å²) in [5.41, 5.74) is 2.59. The Bertz CT molecular complexity index is 630. The number of nitrogens with zero attached hydrogens (tertiary/aromatic N) is 5. The molecule has 0 aliphatic heterocycles. The highest BCUT2D eigenvalue weighted by Gasteiger charge is 2.19. The minimum absolute atomic E-state index is 0.0569. The maximum absolute atomic E-state index is 12.2. The maximum atomic E-state index is 12.2. The molecule has 0 fully saturated rings.